The van der Waals surface area contributed by atoms with E-state index < -0.39 is 5.41 Å². The lowest BCUT2D eigenvalue weighted by atomic mass is 9.76. The second-order valence-corrected chi connectivity index (χ2v) is 3.65. The Bertz CT molecular complexity index is 312. The molecule has 0 unspecified atom stereocenters. The van der Waals surface area contributed by atoms with Gasteiger partial charge in [-0.15, -0.1) is 0 Å². The van der Waals surface area contributed by atoms with Crippen molar-refractivity contribution >= 4 is 5.78 Å². The van der Waals surface area contributed by atoms with Crippen LogP contribution in [0.3, 0.4) is 0 Å². The smallest absolute Gasteiger partial charge is 0.173 e. The van der Waals surface area contributed by atoms with Gasteiger partial charge in [0, 0.05) is 24.4 Å². The lowest BCUT2D eigenvalue weighted by Crippen LogP contribution is -2.37. The molecule has 0 amide bonds. The molecule has 0 fully saturated rings. The van der Waals surface area contributed by atoms with Crippen molar-refractivity contribution in [3.05, 3.63) is 24.3 Å². The summed E-state index contributed by atoms with van der Waals surface area (Å²) in [7, 11) is 0. The van der Waals surface area contributed by atoms with Crippen molar-refractivity contribution in [2.45, 2.75) is 26.7 Å². The van der Waals surface area contributed by atoms with Gasteiger partial charge in [-0.2, -0.15) is 0 Å². The lowest BCUT2D eigenvalue weighted by Gasteiger charge is -2.27. The van der Waals surface area contributed by atoms with Crippen LogP contribution < -0.4 is 5.73 Å². The molecule has 82 valence electrons. The Morgan fingerprint density at radius 1 is 1.33 bits per heavy atom. The second kappa shape index (κ2) is 4.98. The minimum Gasteiger partial charge on any atom is -0.329 e. The van der Waals surface area contributed by atoms with Gasteiger partial charge in [-0.05, 0) is 12.8 Å². The number of hydrogen-bond donors (Lipinski definition) is 1. The monoisotopic (exact) mass is 207 g/mol. The molecule has 0 aliphatic carbocycles. The number of nitrogens with two attached hydrogens (primary N) is 1. The zero-order valence-electron chi connectivity index (χ0n) is 9.23. The van der Waals surface area contributed by atoms with Gasteiger partial charge in [0.2, 0.25) is 0 Å². The van der Waals surface area contributed by atoms with Crippen LogP contribution in [0.15, 0.2) is 18.7 Å². The quantitative estimate of drug-likeness (QED) is 0.741. The predicted molar refractivity (Wildman–Crippen MR) is 58.4 cm³/mol. The van der Waals surface area contributed by atoms with Crippen molar-refractivity contribution in [3.8, 4) is 0 Å². The Labute approximate surface area is 89.9 Å². The molecule has 0 radical (unpaired) electrons. The van der Waals surface area contributed by atoms with Crippen LogP contribution in [0.1, 0.15) is 37.0 Å². The summed E-state index contributed by atoms with van der Waals surface area (Å²) in [6.45, 7) is 4.34. The van der Waals surface area contributed by atoms with Crippen LogP contribution in [0.2, 0.25) is 0 Å². The third-order valence-corrected chi connectivity index (χ3v) is 3.05. The van der Waals surface area contributed by atoms with Crippen LogP contribution in [0.5, 0.6) is 0 Å². The van der Waals surface area contributed by atoms with Crippen LogP contribution in [0.4, 0.5) is 0 Å². The molecule has 2 N–H and O–H groups in total. The highest BCUT2D eigenvalue weighted by Gasteiger charge is 2.34. The summed E-state index contributed by atoms with van der Waals surface area (Å²) in [5, 5.41) is 0. The van der Waals surface area contributed by atoms with Crippen molar-refractivity contribution in [2.24, 2.45) is 11.1 Å². The molecular weight excluding hydrogens is 190 g/mol. The van der Waals surface area contributed by atoms with E-state index in [1.54, 1.807) is 12.4 Å². The van der Waals surface area contributed by atoms with Crippen LogP contribution >= 0.6 is 0 Å². The summed E-state index contributed by atoms with van der Waals surface area (Å²) >= 11 is 0. The van der Waals surface area contributed by atoms with Gasteiger partial charge in [0.05, 0.1) is 5.56 Å². The summed E-state index contributed by atoms with van der Waals surface area (Å²) < 4.78 is 0. The zero-order valence-corrected chi connectivity index (χ0v) is 9.23. The Hall–Kier alpha value is -1.29. The first-order valence-corrected chi connectivity index (χ1v) is 5.20. The Morgan fingerprint density at radius 2 is 1.87 bits per heavy atom. The van der Waals surface area contributed by atoms with Gasteiger partial charge in [-0.3, -0.25) is 4.79 Å². The first kappa shape index (κ1) is 11.8. The minimum absolute atomic E-state index is 0.0515. The van der Waals surface area contributed by atoms with Gasteiger partial charge in [0.25, 0.3) is 0 Å². The highest BCUT2D eigenvalue weighted by molar-refractivity contribution is 6.00. The van der Waals surface area contributed by atoms with E-state index in [4.69, 9.17) is 5.73 Å². The fraction of sp³-hybridized carbons (Fsp3) is 0.545. The highest BCUT2D eigenvalue weighted by atomic mass is 16.1. The molecule has 1 aromatic heterocycles. The number of ketones is 1. The standard InChI is InChI=1S/C11H17N3O/c1-3-11(4-2,7-12)10(15)9-5-13-8-14-6-9/h5-6,8H,3-4,7,12H2,1-2H3. The predicted octanol–water partition coefficient (Wildman–Crippen LogP) is 1.42. The molecule has 0 saturated carbocycles. The molecule has 15 heavy (non-hydrogen) atoms. The van der Waals surface area contributed by atoms with E-state index in [2.05, 4.69) is 9.97 Å². The van der Waals surface area contributed by atoms with Crippen molar-refractivity contribution in [3.63, 3.8) is 0 Å². The highest BCUT2D eigenvalue weighted by Crippen LogP contribution is 2.29. The normalized spacial score (nSPS) is 11.4. The number of aromatic nitrogens is 2. The first-order chi connectivity index (χ1) is 7.20. The molecule has 0 bridgehead atoms. The summed E-state index contributed by atoms with van der Waals surface area (Å²) in [4.78, 5) is 19.9. The maximum absolute atomic E-state index is 12.2. The number of nitrogens with zero attached hydrogens (tertiary/aromatic N) is 2. The summed E-state index contributed by atoms with van der Waals surface area (Å²) in [5.74, 6) is 0.0515. The maximum atomic E-state index is 12.2. The average Bonchev–Trinajstić information content (AvgIpc) is 2.33. The molecular formula is C11H17N3O. The maximum Gasteiger partial charge on any atom is 0.173 e. The largest absolute Gasteiger partial charge is 0.329 e. The van der Waals surface area contributed by atoms with Crippen LogP contribution in [-0.4, -0.2) is 22.3 Å². The van der Waals surface area contributed by atoms with E-state index in [1.807, 2.05) is 13.8 Å². The van der Waals surface area contributed by atoms with E-state index in [1.165, 1.54) is 6.33 Å². The second-order valence-electron chi connectivity index (χ2n) is 3.65. The fourth-order valence-corrected chi connectivity index (χ4v) is 1.68. The van der Waals surface area contributed by atoms with Gasteiger partial charge in [0.15, 0.2) is 5.78 Å². The van der Waals surface area contributed by atoms with Gasteiger partial charge in [-0.25, -0.2) is 9.97 Å². The molecule has 4 heteroatoms. The van der Waals surface area contributed by atoms with E-state index in [9.17, 15) is 4.79 Å². The number of hydrogen-bond acceptors (Lipinski definition) is 4. The average molecular weight is 207 g/mol. The number of carbonyl (C=O) groups is 1. The molecule has 1 aromatic rings. The summed E-state index contributed by atoms with van der Waals surface area (Å²) in [6.07, 6.45) is 6.00. The minimum atomic E-state index is -0.454. The third-order valence-electron chi connectivity index (χ3n) is 3.05. The van der Waals surface area contributed by atoms with Gasteiger partial charge < -0.3 is 5.73 Å². The van der Waals surface area contributed by atoms with E-state index in [0.717, 1.165) is 12.8 Å². The first-order valence-electron chi connectivity index (χ1n) is 5.20. The molecule has 0 aliphatic heterocycles. The van der Waals surface area contributed by atoms with Crippen LogP contribution in [0, 0.1) is 5.41 Å². The molecule has 0 aliphatic rings. The topological polar surface area (TPSA) is 68.9 Å². The summed E-state index contributed by atoms with van der Waals surface area (Å²) in [6, 6.07) is 0. The van der Waals surface area contributed by atoms with Crippen molar-refractivity contribution in [1.82, 2.24) is 9.97 Å². The number of rotatable bonds is 5. The van der Waals surface area contributed by atoms with E-state index >= 15 is 0 Å². The van der Waals surface area contributed by atoms with Crippen LogP contribution in [-0.2, 0) is 0 Å². The zero-order chi connectivity index (χ0) is 11.3. The Morgan fingerprint density at radius 3 is 2.27 bits per heavy atom. The van der Waals surface area contributed by atoms with Gasteiger partial charge in [0.1, 0.15) is 6.33 Å². The molecule has 0 aromatic carbocycles. The Kier molecular flexibility index (Phi) is 3.91. The lowest BCUT2D eigenvalue weighted by molar-refractivity contribution is 0.0786. The third kappa shape index (κ3) is 2.21. The van der Waals surface area contributed by atoms with Crippen molar-refractivity contribution in [2.75, 3.05) is 6.54 Å². The molecule has 0 spiro atoms. The van der Waals surface area contributed by atoms with E-state index in [-0.39, 0.29) is 5.78 Å². The Balaban J connectivity index is 3.01. The van der Waals surface area contributed by atoms with Crippen LogP contribution in [0.25, 0.3) is 0 Å². The SMILES string of the molecule is CCC(CC)(CN)C(=O)c1cncnc1. The van der Waals surface area contributed by atoms with Crippen molar-refractivity contribution < 1.29 is 4.79 Å². The molecule has 1 rings (SSSR count). The molecule has 0 saturated heterocycles. The van der Waals surface area contributed by atoms with Crippen molar-refractivity contribution in [1.29, 1.82) is 0 Å². The fourth-order valence-electron chi connectivity index (χ4n) is 1.68. The van der Waals surface area contributed by atoms with Gasteiger partial charge >= 0.3 is 0 Å². The number of carbonyl (C=O) groups excluding carboxylic acids is 1. The molecule has 1 heterocycles. The molecule has 4 nitrogen and oxygen atoms in total. The molecule has 0 atom stereocenters. The van der Waals surface area contributed by atoms with E-state index in [0.29, 0.717) is 12.1 Å². The van der Waals surface area contributed by atoms with Gasteiger partial charge in [-0.1, -0.05) is 13.8 Å². The number of Topliss-reactive ketones (excluding diaryl/α,β-unsaturated/α-hetero) is 1. The summed E-state index contributed by atoms with van der Waals surface area (Å²) in [5.41, 5.74) is 5.80.